The minimum absolute atomic E-state index is 0.0514. The Morgan fingerprint density at radius 3 is 2.00 bits per heavy atom. The first kappa shape index (κ1) is 22.0. The summed E-state index contributed by atoms with van der Waals surface area (Å²) in [6.07, 6.45) is 0. The van der Waals surface area contributed by atoms with Crippen molar-refractivity contribution < 1.29 is 27.7 Å². The minimum atomic E-state index is -0.841. The predicted octanol–water partition coefficient (Wildman–Crippen LogP) is 5.91. The van der Waals surface area contributed by atoms with Crippen molar-refractivity contribution >= 4 is 0 Å². The lowest BCUT2D eigenvalue weighted by Crippen LogP contribution is -1.98. The second kappa shape index (κ2) is 9.52. The second-order valence-corrected chi connectivity index (χ2v) is 6.92. The first-order valence-corrected chi connectivity index (χ1v) is 9.90. The number of aromatic nitrogens is 2. The van der Waals surface area contributed by atoms with Gasteiger partial charge in [0, 0.05) is 23.3 Å². The van der Waals surface area contributed by atoms with Gasteiger partial charge in [-0.25, -0.2) is 8.78 Å². The Labute approximate surface area is 189 Å². The Balaban J connectivity index is 1.82. The average Bonchev–Trinajstić information content (AvgIpc) is 2.85. The molecule has 4 aromatic rings. The van der Waals surface area contributed by atoms with Crippen LogP contribution in [-0.4, -0.2) is 31.5 Å². The van der Waals surface area contributed by atoms with E-state index in [1.807, 2.05) is 30.3 Å². The van der Waals surface area contributed by atoms with Crippen LogP contribution < -0.4 is 18.9 Å². The minimum Gasteiger partial charge on any atom is -0.497 e. The van der Waals surface area contributed by atoms with Crippen LogP contribution in [-0.2, 0) is 0 Å². The van der Waals surface area contributed by atoms with Gasteiger partial charge in [0.25, 0.3) is 0 Å². The first-order chi connectivity index (χ1) is 16.0. The molecule has 0 saturated carbocycles. The van der Waals surface area contributed by atoms with E-state index in [2.05, 4.69) is 10.2 Å². The van der Waals surface area contributed by atoms with Crippen molar-refractivity contribution in [1.82, 2.24) is 10.2 Å². The number of ether oxygens (including phenoxy) is 4. The van der Waals surface area contributed by atoms with Crippen LogP contribution >= 0.6 is 0 Å². The number of rotatable bonds is 7. The molecule has 0 radical (unpaired) electrons. The number of hydrogen-bond donors (Lipinski definition) is 0. The highest BCUT2D eigenvalue weighted by Gasteiger charge is 2.16. The van der Waals surface area contributed by atoms with Gasteiger partial charge in [-0.3, -0.25) is 0 Å². The molecule has 0 amide bonds. The highest BCUT2D eigenvalue weighted by atomic mass is 19.1. The number of methoxy groups -OCH3 is 3. The summed E-state index contributed by atoms with van der Waals surface area (Å²) < 4.78 is 48.9. The van der Waals surface area contributed by atoms with Crippen molar-refractivity contribution in [2.24, 2.45) is 0 Å². The fourth-order valence-corrected chi connectivity index (χ4v) is 3.28. The van der Waals surface area contributed by atoms with Crippen LogP contribution in [0.5, 0.6) is 28.9 Å². The molecule has 3 aromatic carbocycles. The predicted molar refractivity (Wildman–Crippen MR) is 119 cm³/mol. The lowest BCUT2D eigenvalue weighted by Gasteiger charge is -2.14. The Morgan fingerprint density at radius 2 is 1.33 bits per heavy atom. The van der Waals surface area contributed by atoms with Gasteiger partial charge in [-0.1, -0.05) is 12.1 Å². The molecular formula is C25H20F2N2O4. The van der Waals surface area contributed by atoms with Crippen molar-refractivity contribution in [2.75, 3.05) is 21.3 Å². The van der Waals surface area contributed by atoms with E-state index in [1.54, 1.807) is 39.5 Å². The third-order valence-corrected chi connectivity index (χ3v) is 4.94. The van der Waals surface area contributed by atoms with Crippen LogP contribution in [0.2, 0.25) is 0 Å². The largest absolute Gasteiger partial charge is 0.497 e. The molecule has 0 aliphatic rings. The molecule has 0 spiro atoms. The molecule has 6 nitrogen and oxygen atoms in total. The van der Waals surface area contributed by atoms with Gasteiger partial charge in [-0.2, -0.15) is 0 Å². The highest BCUT2D eigenvalue weighted by molar-refractivity contribution is 5.82. The van der Waals surface area contributed by atoms with E-state index in [9.17, 15) is 8.78 Å². The highest BCUT2D eigenvalue weighted by Crippen LogP contribution is 2.38. The van der Waals surface area contributed by atoms with E-state index in [1.165, 1.54) is 6.07 Å². The quantitative estimate of drug-likeness (QED) is 0.349. The van der Waals surface area contributed by atoms with Gasteiger partial charge in [-0.15, -0.1) is 10.2 Å². The standard InChI is InChI=1S/C25H20F2N2O4/c1-30-18-8-4-15(5-9-18)19-14-24(33-21-11-7-17(26)13-20(21)27)28-29-25(19)16-6-10-22(31-2)23(12-16)32-3/h4-14H,1-3H3. The smallest absolute Gasteiger partial charge is 0.239 e. The summed E-state index contributed by atoms with van der Waals surface area (Å²) in [6, 6.07) is 17.4. The van der Waals surface area contributed by atoms with E-state index in [-0.39, 0.29) is 11.6 Å². The van der Waals surface area contributed by atoms with Gasteiger partial charge in [0.15, 0.2) is 23.1 Å². The molecule has 0 aliphatic heterocycles. The normalized spacial score (nSPS) is 10.6. The zero-order valence-corrected chi connectivity index (χ0v) is 18.1. The summed E-state index contributed by atoms with van der Waals surface area (Å²) in [7, 11) is 4.69. The summed E-state index contributed by atoms with van der Waals surface area (Å²) in [6.45, 7) is 0. The van der Waals surface area contributed by atoms with Crippen LogP contribution in [0.3, 0.4) is 0 Å². The summed E-state index contributed by atoms with van der Waals surface area (Å²) in [5, 5.41) is 8.45. The summed E-state index contributed by atoms with van der Waals surface area (Å²) >= 11 is 0. The molecule has 33 heavy (non-hydrogen) atoms. The molecule has 0 unspecified atom stereocenters. The molecule has 4 rings (SSSR count). The molecular weight excluding hydrogens is 430 g/mol. The zero-order chi connectivity index (χ0) is 23.4. The van der Waals surface area contributed by atoms with Crippen molar-refractivity contribution in [2.45, 2.75) is 0 Å². The van der Waals surface area contributed by atoms with Crippen LogP contribution in [0.4, 0.5) is 8.78 Å². The van der Waals surface area contributed by atoms with Crippen LogP contribution in [0.25, 0.3) is 22.4 Å². The third-order valence-electron chi connectivity index (χ3n) is 4.94. The van der Waals surface area contributed by atoms with Gasteiger partial charge in [0.2, 0.25) is 5.88 Å². The number of benzene rings is 3. The van der Waals surface area contributed by atoms with Crippen LogP contribution in [0, 0.1) is 11.6 Å². The number of hydrogen-bond acceptors (Lipinski definition) is 6. The molecule has 0 bridgehead atoms. The maximum absolute atomic E-state index is 14.1. The Hall–Kier alpha value is -4.20. The monoisotopic (exact) mass is 450 g/mol. The van der Waals surface area contributed by atoms with Crippen molar-refractivity contribution in [3.8, 4) is 51.3 Å². The van der Waals surface area contributed by atoms with E-state index in [0.29, 0.717) is 28.5 Å². The van der Waals surface area contributed by atoms with E-state index >= 15 is 0 Å². The summed E-state index contributed by atoms with van der Waals surface area (Å²) in [5.74, 6) is 0.151. The van der Waals surface area contributed by atoms with Crippen LogP contribution in [0.1, 0.15) is 0 Å². The Bertz CT molecular complexity index is 1280. The van der Waals surface area contributed by atoms with Gasteiger partial charge < -0.3 is 18.9 Å². The second-order valence-electron chi connectivity index (χ2n) is 6.92. The summed E-state index contributed by atoms with van der Waals surface area (Å²) in [4.78, 5) is 0. The Kier molecular flexibility index (Phi) is 6.35. The van der Waals surface area contributed by atoms with E-state index < -0.39 is 11.6 Å². The maximum Gasteiger partial charge on any atom is 0.239 e. The molecule has 0 saturated heterocycles. The van der Waals surface area contributed by atoms with E-state index in [4.69, 9.17) is 18.9 Å². The Morgan fingerprint density at radius 1 is 0.636 bits per heavy atom. The molecule has 0 fully saturated rings. The van der Waals surface area contributed by atoms with E-state index in [0.717, 1.165) is 23.3 Å². The van der Waals surface area contributed by atoms with Crippen molar-refractivity contribution in [1.29, 1.82) is 0 Å². The molecule has 0 aliphatic carbocycles. The SMILES string of the molecule is COc1ccc(-c2cc(Oc3ccc(F)cc3F)nnc2-c2ccc(OC)c(OC)c2)cc1. The van der Waals surface area contributed by atoms with Gasteiger partial charge >= 0.3 is 0 Å². The first-order valence-electron chi connectivity index (χ1n) is 9.90. The zero-order valence-electron chi connectivity index (χ0n) is 18.1. The molecule has 1 heterocycles. The third kappa shape index (κ3) is 4.69. The molecule has 0 N–H and O–H groups in total. The number of halogens is 2. The molecule has 1 aromatic heterocycles. The topological polar surface area (TPSA) is 62.7 Å². The van der Waals surface area contributed by atoms with Gasteiger partial charge in [0.05, 0.1) is 21.3 Å². The fraction of sp³-hybridized carbons (Fsp3) is 0.120. The maximum atomic E-state index is 14.1. The van der Waals surface area contributed by atoms with Crippen molar-refractivity contribution in [3.63, 3.8) is 0 Å². The summed E-state index contributed by atoms with van der Waals surface area (Å²) in [5.41, 5.74) is 2.76. The fourth-order valence-electron chi connectivity index (χ4n) is 3.28. The lowest BCUT2D eigenvalue weighted by molar-refractivity contribution is 0.355. The van der Waals surface area contributed by atoms with Crippen molar-refractivity contribution in [3.05, 3.63) is 78.4 Å². The number of nitrogens with zero attached hydrogens (tertiary/aromatic N) is 2. The van der Waals surface area contributed by atoms with Crippen LogP contribution in [0.15, 0.2) is 66.7 Å². The average molecular weight is 450 g/mol. The molecule has 8 heteroatoms. The van der Waals surface area contributed by atoms with Gasteiger partial charge in [-0.05, 0) is 48.0 Å². The van der Waals surface area contributed by atoms with Gasteiger partial charge in [0.1, 0.15) is 17.3 Å². The molecule has 0 atom stereocenters. The molecule has 168 valence electrons. The lowest BCUT2D eigenvalue weighted by atomic mass is 9.99.